The van der Waals surface area contributed by atoms with E-state index in [2.05, 4.69) is 20.7 Å². The summed E-state index contributed by atoms with van der Waals surface area (Å²) in [6, 6.07) is 19.2. The minimum Gasteiger partial charge on any atom is -0.506 e. The van der Waals surface area contributed by atoms with E-state index in [1.165, 1.54) is 30.7 Å². The van der Waals surface area contributed by atoms with E-state index in [1.54, 1.807) is 21.2 Å². The number of methoxy groups -OCH3 is 1. The zero-order valence-corrected chi connectivity index (χ0v) is 26.4. The standard InChI is InChI=1S/C32H29ClN6O5S/c1-32(2,3)27-15-28(39(37-27)19-7-12-25(40)22(33)13-19)36-30(42)34-16-18-5-8-20(9-6-18)44-21-10-11-23-26(14-21)45-31-35-17-24(38(23)31)29(41)43-4/h5-15,17,40H,16H2,1-4H3,(H2,34,36,42). The molecule has 0 atom stereocenters. The van der Waals surface area contributed by atoms with Gasteiger partial charge in [0, 0.05) is 24.1 Å². The van der Waals surface area contributed by atoms with E-state index in [9.17, 15) is 14.7 Å². The highest BCUT2D eigenvalue weighted by Gasteiger charge is 2.22. The lowest BCUT2D eigenvalue weighted by Gasteiger charge is -2.14. The maximum Gasteiger partial charge on any atom is 0.356 e. The number of imidazole rings is 1. The van der Waals surface area contributed by atoms with Gasteiger partial charge in [0.2, 0.25) is 0 Å². The number of nitrogens with one attached hydrogen (secondary N) is 2. The Morgan fingerprint density at radius 3 is 2.49 bits per heavy atom. The highest BCUT2D eigenvalue weighted by atomic mass is 35.5. The first-order valence-corrected chi connectivity index (χ1v) is 15.1. The quantitative estimate of drug-likeness (QED) is 0.155. The highest BCUT2D eigenvalue weighted by Crippen LogP contribution is 2.33. The number of thiazole rings is 1. The van der Waals surface area contributed by atoms with E-state index in [-0.39, 0.29) is 22.7 Å². The van der Waals surface area contributed by atoms with Gasteiger partial charge in [-0.15, -0.1) is 0 Å². The van der Waals surface area contributed by atoms with Crippen molar-refractivity contribution < 1.29 is 24.2 Å². The normalized spacial score (nSPS) is 11.6. The van der Waals surface area contributed by atoms with Crippen LogP contribution >= 0.6 is 22.9 Å². The zero-order valence-electron chi connectivity index (χ0n) is 24.8. The van der Waals surface area contributed by atoms with Crippen molar-refractivity contribution in [3.63, 3.8) is 0 Å². The molecular weight excluding hydrogens is 616 g/mol. The average Bonchev–Trinajstić information content (AvgIpc) is 3.71. The molecule has 0 unspecified atom stereocenters. The molecule has 0 aliphatic heterocycles. The molecule has 0 saturated carbocycles. The smallest absolute Gasteiger partial charge is 0.356 e. The summed E-state index contributed by atoms with van der Waals surface area (Å²) in [5.74, 6) is 1.24. The summed E-state index contributed by atoms with van der Waals surface area (Å²) in [7, 11) is 1.34. The predicted molar refractivity (Wildman–Crippen MR) is 173 cm³/mol. The second-order valence-electron chi connectivity index (χ2n) is 11.3. The van der Waals surface area contributed by atoms with Crippen LogP contribution in [0.1, 0.15) is 42.5 Å². The summed E-state index contributed by atoms with van der Waals surface area (Å²) in [5.41, 5.74) is 3.18. The second kappa shape index (κ2) is 11.8. The van der Waals surface area contributed by atoms with Crippen molar-refractivity contribution in [3.8, 4) is 22.9 Å². The summed E-state index contributed by atoms with van der Waals surface area (Å²) in [4.78, 5) is 30.0. The van der Waals surface area contributed by atoms with Crippen LogP contribution in [0.15, 0.2) is 72.9 Å². The van der Waals surface area contributed by atoms with Gasteiger partial charge in [0.1, 0.15) is 23.1 Å². The first-order valence-electron chi connectivity index (χ1n) is 13.9. The summed E-state index contributed by atoms with van der Waals surface area (Å²) >= 11 is 7.58. The molecule has 3 aromatic heterocycles. The molecule has 6 aromatic rings. The topological polar surface area (TPSA) is 132 Å². The van der Waals surface area contributed by atoms with Crippen molar-refractivity contribution in [2.75, 3.05) is 12.4 Å². The number of fused-ring (bicyclic) bond motifs is 3. The van der Waals surface area contributed by atoms with Crippen molar-refractivity contribution >= 4 is 55.9 Å². The van der Waals surface area contributed by atoms with Crippen LogP contribution in [-0.4, -0.2) is 43.4 Å². The van der Waals surface area contributed by atoms with Crippen LogP contribution in [0.5, 0.6) is 17.2 Å². The minimum absolute atomic E-state index is 0.0394. The number of hydrogen-bond acceptors (Lipinski definition) is 8. The van der Waals surface area contributed by atoms with Gasteiger partial charge >= 0.3 is 12.0 Å². The van der Waals surface area contributed by atoms with Crippen LogP contribution in [0.2, 0.25) is 5.02 Å². The van der Waals surface area contributed by atoms with E-state index in [0.29, 0.717) is 33.7 Å². The molecule has 0 aliphatic carbocycles. The van der Waals surface area contributed by atoms with Crippen molar-refractivity contribution in [1.82, 2.24) is 24.5 Å². The van der Waals surface area contributed by atoms with Crippen LogP contribution < -0.4 is 15.4 Å². The van der Waals surface area contributed by atoms with Crippen molar-refractivity contribution in [1.29, 1.82) is 0 Å². The number of aromatic nitrogens is 4. The van der Waals surface area contributed by atoms with Crippen molar-refractivity contribution in [2.24, 2.45) is 0 Å². The van der Waals surface area contributed by atoms with Gasteiger partial charge < -0.3 is 19.9 Å². The number of carbonyl (C=O) groups is 2. The van der Waals surface area contributed by atoms with E-state index in [0.717, 1.165) is 21.5 Å². The molecule has 45 heavy (non-hydrogen) atoms. The number of esters is 1. The predicted octanol–water partition coefficient (Wildman–Crippen LogP) is 7.29. The molecule has 0 aliphatic rings. The first kappa shape index (κ1) is 30.0. The number of nitrogens with zero attached hydrogens (tertiary/aromatic N) is 4. The van der Waals surface area contributed by atoms with Gasteiger partial charge in [-0.05, 0) is 48.0 Å². The molecular formula is C32H29ClN6O5S. The summed E-state index contributed by atoms with van der Waals surface area (Å²) in [6.07, 6.45) is 1.51. The second-order valence-corrected chi connectivity index (χ2v) is 12.7. The number of amides is 2. The molecule has 3 N–H and O–H groups in total. The average molecular weight is 645 g/mol. The minimum atomic E-state index is -0.449. The van der Waals surface area contributed by atoms with Crippen LogP contribution in [0, 0.1) is 0 Å². The van der Waals surface area contributed by atoms with Crippen molar-refractivity contribution in [2.45, 2.75) is 32.7 Å². The molecule has 0 bridgehead atoms. The maximum absolute atomic E-state index is 12.9. The number of rotatable bonds is 7. The van der Waals surface area contributed by atoms with Crippen LogP contribution in [0.3, 0.4) is 0 Å². The number of aromatic hydroxyl groups is 1. The van der Waals surface area contributed by atoms with E-state index in [1.807, 2.05) is 69.3 Å². The number of urea groups is 1. The summed E-state index contributed by atoms with van der Waals surface area (Å²) < 4.78 is 15.2. The SMILES string of the molecule is COC(=O)c1cnc2sc3cc(Oc4ccc(CNC(=O)Nc5cc(C(C)(C)C)nn5-c5ccc(O)c(Cl)c5)cc4)ccc3n12. The maximum atomic E-state index is 12.9. The number of halogens is 1. The largest absolute Gasteiger partial charge is 0.506 e. The van der Waals surface area contributed by atoms with E-state index < -0.39 is 12.0 Å². The van der Waals surface area contributed by atoms with Gasteiger partial charge in [0.25, 0.3) is 0 Å². The Hall–Kier alpha value is -5.07. The molecule has 0 saturated heterocycles. The van der Waals surface area contributed by atoms with Gasteiger partial charge in [-0.25, -0.2) is 19.3 Å². The van der Waals surface area contributed by atoms with Gasteiger partial charge in [-0.3, -0.25) is 9.72 Å². The lowest BCUT2D eigenvalue weighted by molar-refractivity contribution is 0.0593. The lowest BCUT2D eigenvalue weighted by atomic mass is 9.92. The number of carbonyl (C=O) groups excluding carboxylic acids is 2. The number of phenols is 1. The van der Waals surface area contributed by atoms with Crippen LogP contribution in [0.25, 0.3) is 20.9 Å². The number of ether oxygens (including phenoxy) is 2. The highest BCUT2D eigenvalue weighted by molar-refractivity contribution is 7.23. The van der Waals surface area contributed by atoms with Crippen LogP contribution in [-0.2, 0) is 16.7 Å². The Labute approximate surface area is 267 Å². The third-order valence-electron chi connectivity index (χ3n) is 7.00. The van der Waals surface area contributed by atoms with Crippen LogP contribution in [0.4, 0.5) is 10.6 Å². The number of anilines is 1. The molecule has 0 fully saturated rings. The Kier molecular flexibility index (Phi) is 7.85. The Morgan fingerprint density at radius 1 is 1.02 bits per heavy atom. The number of benzene rings is 3. The first-order chi connectivity index (χ1) is 21.5. The lowest BCUT2D eigenvalue weighted by Crippen LogP contribution is -2.29. The number of hydrogen-bond donors (Lipinski definition) is 3. The van der Waals surface area contributed by atoms with Gasteiger partial charge in [-0.1, -0.05) is 55.8 Å². The Morgan fingerprint density at radius 2 is 1.78 bits per heavy atom. The number of phenolic OH excluding ortho intramolecular Hbond substituents is 1. The van der Waals surface area contributed by atoms with Gasteiger partial charge in [-0.2, -0.15) is 5.10 Å². The third kappa shape index (κ3) is 6.15. The van der Waals surface area contributed by atoms with Gasteiger partial charge in [0.15, 0.2) is 10.7 Å². The third-order valence-corrected chi connectivity index (χ3v) is 8.32. The van der Waals surface area contributed by atoms with E-state index >= 15 is 0 Å². The van der Waals surface area contributed by atoms with E-state index in [4.69, 9.17) is 21.1 Å². The molecule has 0 radical (unpaired) electrons. The fraction of sp³-hybridized carbons (Fsp3) is 0.188. The molecule has 3 aromatic carbocycles. The zero-order chi connectivity index (χ0) is 31.9. The molecule has 230 valence electrons. The Balaban J connectivity index is 1.11. The molecule has 2 amide bonds. The molecule has 11 nitrogen and oxygen atoms in total. The molecule has 0 spiro atoms. The molecule has 3 heterocycles. The molecule has 13 heteroatoms. The summed E-state index contributed by atoms with van der Waals surface area (Å²) in [5, 5.41) is 20.4. The summed E-state index contributed by atoms with van der Waals surface area (Å²) in [6.45, 7) is 6.37. The molecule has 6 rings (SSSR count). The fourth-order valence-electron chi connectivity index (χ4n) is 4.63. The monoisotopic (exact) mass is 644 g/mol. The van der Waals surface area contributed by atoms with Crippen molar-refractivity contribution in [3.05, 3.63) is 94.9 Å². The fourth-order valence-corrected chi connectivity index (χ4v) is 5.83. The van der Waals surface area contributed by atoms with Gasteiger partial charge in [0.05, 0.1) is 39.9 Å². The Bertz CT molecular complexity index is 2060.